The summed E-state index contributed by atoms with van der Waals surface area (Å²) >= 11 is 5.94. The van der Waals surface area contributed by atoms with Crippen LogP contribution in [-0.4, -0.2) is 16.1 Å². The van der Waals surface area contributed by atoms with E-state index in [1.165, 1.54) is 0 Å². The van der Waals surface area contributed by atoms with Crippen molar-refractivity contribution in [3.8, 4) is 11.4 Å². The van der Waals surface area contributed by atoms with Gasteiger partial charge in [0.25, 0.3) is 0 Å². The van der Waals surface area contributed by atoms with Gasteiger partial charge in [-0.3, -0.25) is 4.79 Å². The van der Waals surface area contributed by atoms with Gasteiger partial charge < -0.3 is 4.74 Å². The maximum Gasteiger partial charge on any atom is 0.150 e. The SMILES string of the molecule is Cc1nn(-c2ccc(Cl)cc2)c(C)c1COc1ccc(C=O)cc1. The summed E-state index contributed by atoms with van der Waals surface area (Å²) in [6, 6.07) is 14.6. The van der Waals surface area contributed by atoms with Gasteiger partial charge in [0.15, 0.2) is 0 Å². The zero-order chi connectivity index (χ0) is 17.1. The highest BCUT2D eigenvalue weighted by Crippen LogP contribution is 2.21. The van der Waals surface area contributed by atoms with Crippen LogP contribution in [0.4, 0.5) is 0 Å². The Morgan fingerprint density at radius 3 is 2.38 bits per heavy atom. The fraction of sp³-hybridized carbons (Fsp3) is 0.158. The summed E-state index contributed by atoms with van der Waals surface area (Å²) in [4.78, 5) is 10.7. The van der Waals surface area contributed by atoms with Crippen molar-refractivity contribution >= 4 is 17.9 Å². The predicted octanol–water partition coefficient (Wildman–Crippen LogP) is 4.53. The van der Waals surface area contributed by atoms with Gasteiger partial charge in [-0.05, 0) is 62.4 Å². The molecule has 0 amide bonds. The number of aromatic nitrogens is 2. The molecule has 3 rings (SSSR count). The summed E-state index contributed by atoms with van der Waals surface area (Å²) in [7, 11) is 0. The molecular formula is C19H17ClN2O2. The number of ether oxygens (including phenoxy) is 1. The van der Waals surface area contributed by atoms with E-state index in [4.69, 9.17) is 16.3 Å². The van der Waals surface area contributed by atoms with Crippen molar-refractivity contribution in [2.24, 2.45) is 0 Å². The van der Waals surface area contributed by atoms with E-state index in [1.54, 1.807) is 24.3 Å². The Balaban J connectivity index is 1.80. The molecule has 0 unspecified atom stereocenters. The third-order valence-corrected chi connectivity index (χ3v) is 4.16. The Bertz CT molecular complexity index is 852. The molecule has 0 fully saturated rings. The second-order valence-corrected chi connectivity index (χ2v) is 5.95. The van der Waals surface area contributed by atoms with Crippen LogP contribution in [0.25, 0.3) is 5.69 Å². The Morgan fingerprint density at radius 1 is 1.08 bits per heavy atom. The van der Waals surface area contributed by atoms with Crippen LogP contribution in [0.15, 0.2) is 48.5 Å². The summed E-state index contributed by atoms with van der Waals surface area (Å²) in [5.41, 5.74) is 4.59. The molecule has 0 saturated carbocycles. The van der Waals surface area contributed by atoms with Gasteiger partial charge >= 0.3 is 0 Å². The third kappa shape index (κ3) is 3.34. The summed E-state index contributed by atoms with van der Waals surface area (Å²) in [5.74, 6) is 0.721. The number of hydrogen-bond donors (Lipinski definition) is 0. The van der Waals surface area contributed by atoms with E-state index in [1.807, 2.05) is 42.8 Å². The molecule has 0 aliphatic heterocycles. The Hall–Kier alpha value is -2.59. The van der Waals surface area contributed by atoms with E-state index in [-0.39, 0.29) is 0 Å². The number of carbonyl (C=O) groups excluding carboxylic acids is 1. The molecular weight excluding hydrogens is 324 g/mol. The molecule has 2 aromatic carbocycles. The topological polar surface area (TPSA) is 44.1 Å². The second-order valence-electron chi connectivity index (χ2n) is 5.51. The number of rotatable bonds is 5. The average Bonchev–Trinajstić information content (AvgIpc) is 2.88. The summed E-state index contributed by atoms with van der Waals surface area (Å²) < 4.78 is 7.72. The zero-order valence-electron chi connectivity index (χ0n) is 13.5. The van der Waals surface area contributed by atoms with Crippen molar-refractivity contribution in [1.82, 2.24) is 9.78 Å². The Kier molecular flexibility index (Phi) is 4.67. The minimum absolute atomic E-state index is 0.422. The molecule has 0 spiro atoms. The fourth-order valence-corrected chi connectivity index (χ4v) is 2.64. The highest BCUT2D eigenvalue weighted by molar-refractivity contribution is 6.30. The van der Waals surface area contributed by atoms with E-state index in [0.29, 0.717) is 17.2 Å². The number of carbonyl (C=O) groups is 1. The molecule has 1 heterocycles. The molecule has 0 radical (unpaired) electrons. The number of aldehydes is 1. The lowest BCUT2D eigenvalue weighted by molar-refractivity contribution is 0.112. The molecule has 0 atom stereocenters. The maximum absolute atomic E-state index is 10.7. The van der Waals surface area contributed by atoms with Gasteiger partial charge in [0, 0.05) is 21.8 Å². The van der Waals surface area contributed by atoms with Crippen LogP contribution >= 0.6 is 11.6 Å². The predicted molar refractivity (Wildman–Crippen MR) is 94.2 cm³/mol. The molecule has 4 nitrogen and oxygen atoms in total. The second kappa shape index (κ2) is 6.89. The first-order chi connectivity index (χ1) is 11.6. The molecule has 24 heavy (non-hydrogen) atoms. The van der Waals surface area contributed by atoms with Crippen LogP contribution < -0.4 is 4.74 Å². The number of aryl methyl sites for hydroxylation is 1. The molecule has 0 aliphatic rings. The fourth-order valence-electron chi connectivity index (χ4n) is 2.52. The Labute approximate surface area is 145 Å². The van der Waals surface area contributed by atoms with Crippen molar-refractivity contribution in [3.63, 3.8) is 0 Å². The molecule has 0 aliphatic carbocycles. The van der Waals surface area contributed by atoms with Crippen molar-refractivity contribution in [2.75, 3.05) is 0 Å². The van der Waals surface area contributed by atoms with E-state index < -0.39 is 0 Å². The number of hydrogen-bond acceptors (Lipinski definition) is 3. The van der Waals surface area contributed by atoms with E-state index in [9.17, 15) is 4.79 Å². The van der Waals surface area contributed by atoms with Crippen molar-refractivity contribution in [3.05, 3.63) is 76.1 Å². The lowest BCUT2D eigenvalue weighted by atomic mass is 10.2. The van der Waals surface area contributed by atoms with Crippen LogP contribution in [0.2, 0.25) is 5.02 Å². The number of halogens is 1. The minimum atomic E-state index is 0.422. The van der Waals surface area contributed by atoms with Gasteiger partial charge in [-0.25, -0.2) is 4.68 Å². The molecule has 1 aromatic heterocycles. The number of nitrogens with zero attached hydrogens (tertiary/aromatic N) is 2. The lowest BCUT2D eigenvalue weighted by Gasteiger charge is -2.08. The van der Waals surface area contributed by atoms with Crippen LogP contribution in [0, 0.1) is 13.8 Å². The summed E-state index contributed by atoms with van der Waals surface area (Å²) in [6.45, 7) is 4.40. The third-order valence-electron chi connectivity index (χ3n) is 3.91. The highest BCUT2D eigenvalue weighted by Gasteiger charge is 2.13. The van der Waals surface area contributed by atoms with Gasteiger partial charge in [-0.15, -0.1) is 0 Å². The Morgan fingerprint density at radius 2 is 1.75 bits per heavy atom. The van der Waals surface area contributed by atoms with Gasteiger partial charge in [-0.2, -0.15) is 5.10 Å². The van der Waals surface area contributed by atoms with Crippen molar-refractivity contribution in [1.29, 1.82) is 0 Å². The van der Waals surface area contributed by atoms with E-state index >= 15 is 0 Å². The van der Waals surface area contributed by atoms with Crippen molar-refractivity contribution < 1.29 is 9.53 Å². The first-order valence-electron chi connectivity index (χ1n) is 7.57. The van der Waals surface area contributed by atoms with E-state index in [0.717, 1.165) is 34.7 Å². The van der Waals surface area contributed by atoms with Crippen LogP contribution in [0.1, 0.15) is 27.3 Å². The van der Waals surface area contributed by atoms with Crippen LogP contribution in [-0.2, 0) is 6.61 Å². The summed E-state index contributed by atoms with van der Waals surface area (Å²) in [5, 5.41) is 5.29. The number of benzene rings is 2. The van der Waals surface area contributed by atoms with Gasteiger partial charge in [0.1, 0.15) is 18.6 Å². The molecule has 5 heteroatoms. The first kappa shape index (κ1) is 16.3. The first-order valence-corrected chi connectivity index (χ1v) is 7.95. The summed E-state index contributed by atoms with van der Waals surface area (Å²) in [6.07, 6.45) is 0.814. The molecule has 0 saturated heterocycles. The molecule has 0 N–H and O–H groups in total. The smallest absolute Gasteiger partial charge is 0.150 e. The monoisotopic (exact) mass is 340 g/mol. The van der Waals surface area contributed by atoms with Crippen LogP contribution in [0.3, 0.4) is 0 Å². The minimum Gasteiger partial charge on any atom is -0.489 e. The quantitative estimate of drug-likeness (QED) is 0.641. The molecule has 3 aromatic rings. The van der Waals surface area contributed by atoms with Crippen molar-refractivity contribution in [2.45, 2.75) is 20.5 Å². The van der Waals surface area contributed by atoms with Gasteiger partial charge in [0.05, 0.1) is 11.4 Å². The van der Waals surface area contributed by atoms with Gasteiger partial charge in [0.2, 0.25) is 0 Å². The molecule has 0 bridgehead atoms. The highest BCUT2D eigenvalue weighted by atomic mass is 35.5. The van der Waals surface area contributed by atoms with Crippen LogP contribution in [0.5, 0.6) is 5.75 Å². The standard InChI is InChI=1S/C19H17ClN2O2/c1-13-19(12-24-18-9-3-15(11-23)4-10-18)14(2)22(21-13)17-7-5-16(20)6-8-17/h3-11H,12H2,1-2H3. The van der Waals surface area contributed by atoms with Gasteiger partial charge in [-0.1, -0.05) is 11.6 Å². The maximum atomic E-state index is 10.7. The zero-order valence-corrected chi connectivity index (χ0v) is 14.2. The largest absolute Gasteiger partial charge is 0.489 e. The lowest BCUT2D eigenvalue weighted by Crippen LogP contribution is -2.01. The van der Waals surface area contributed by atoms with E-state index in [2.05, 4.69) is 5.10 Å². The average molecular weight is 341 g/mol. The normalized spacial score (nSPS) is 10.6. The molecule has 122 valence electrons.